The van der Waals surface area contributed by atoms with Gasteiger partial charge in [-0.3, -0.25) is 4.98 Å². The van der Waals surface area contributed by atoms with Crippen molar-refractivity contribution in [2.24, 2.45) is 5.41 Å². The number of pyridine rings is 1. The van der Waals surface area contributed by atoms with Crippen LogP contribution in [0.15, 0.2) is 53.1 Å². The molecule has 0 atom stereocenters. The SMILES string of the molecule is [2H]C([2H])([2H])c1cnc(-c2cc(C([2H])([2H])[Si](C)(C)C)cc3c2oc2ccccc23)cc1C1([2H])CCC2(CCCCC2)CC1. The van der Waals surface area contributed by atoms with Gasteiger partial charge >= 0.3 is 0 Å². The van der Waals surface area contributed by atoms with E-state index in [1.807, 2.05) is 62.1 Å². The number of nitrogens with zero attached hydrogens (tertiary/aromatic N) is 1. The third-order valence-electron chi connectivity index (χ3n) is 8.39. The Labute approximate surface area is 226 Å². The predicted octanol–water partition coefficient (Wildman–Crippen LogP) is 9.98. The summed E-state index contributed by atoms with van der Waals surface area (Å²) in [5.41, 5.74) is 4.04. The lowest BCUT2D eigenvalue weighted by molar-refractivity contribution is 0.114. The largest absolute Gasteiger partial charge is 0.455 e. The van der Waals surface area contributed by atoms with E-state index >= 15 is 0 Å². The molecule has 2 aromatic heterocycles. The fourth-order valence-corrected chi connectivity index (χ4v) is 7.58. The summed E-state index contributed by atoms with van der Waals surface area (Å²) < 4.78 is 59.2. The molecule has 0 amide bonds. The first-order chi connectivity index (χ1) is 19.6. The van der Waals surface area contributed by atoms with Crippen molar-refractivity contribution >= 4 is 30.0 Å². The van der Waals surface area contributed by atoms with Crippen LogP contribution in [-0.4, -0.2) is 13.1 Å². The Hall–Kier alpha value is -2.39. The Morgan fingerprint density at radius 1 is 1.03 bits per heavy atom. The standard InChI is InChI=1S/C33H41NOSi/c1-23-21-34-30(20-27(23)25-12-16-33(17-13-25)14-8-5-9-15-33)29-19-24(22-36(2,3)4)18-28-26-10-6-7-11-31(26)35-32(28)29/h6-7,10-11,18-21,25H,5,8-9,12-17,22H2,1-4H3/i1D3,22D2,25D. The van der Waals surface area contributed by atoms with E-state index in [1.165, 1.54) is 38.3 Å². The van der Waals surface area contributed by atoms with Crippen molar-refractivity contribution in [1.29, 1.82) is 0 Å². The van der Waals surface area contributed by atoms with Gasteiger partial charge in [0.1, 0.15) is 11.2 Å². The third-order valence-corrected chi connectivity index (χ3v) is 9.43. The zero-order valence-corrected chi connectivity index (χ0v) is 22.8. The maximum Gasteiger partial charge on any atom is 0.144 e. The average molecular weight is 502 g/mol. The summed E-state index contributed by atoms with van der Waals surface area (Å²) >= 11 is 0. The van der Waals surface area contributed by atoms with Gasteiger partial charge in [-0.05, 0) is 104 Å². The molecule has 0 bridgehead atoms. The number of furan rings is 1. The zero-order valence-electron chi connectivity index (χ0n) is 27.8. The predicted molar refractivity (Wildman–Crippen MR) is 155 cm³/mol. The molecule has 0 N–H and O–H groups in total. The maximum atomic E-state index is 9.66. The van der Waals surface area contributed by atoms with Crippen molar-refractivity contribution in [3.63, 3.8) is 0 Å². The van der Waals surface area contributed by atoms with Crippen LogP contribution in [0.25, 0.3) is 33.2 Å². The van der Waals surface area contributed by atoms with Crippen LogP contribution in [0.3, 0.4) is 0 Å². The normalized spacial score (nSPS) is 23.0. The molecule has 1 spiro atoms. The molecular weight excluding hydrogens is 454 g/mol. The molecule has 2 saturated carbocycles. The molecule has 188 valence electrons. The summed E-state index contributed by atoms with van der Waals surface area (Å²) in [5.74, 6) is -2.54. The molecule has 36 heavy (non-hydrogen) atoms. The van der Waals surface area contributed by atoms with E-state index < -0.39 is 26.8 Å². The molecule has 2 nitrogen and oxygen atoms in total. The van der Waals surface area contributed by atoms with Gasteiger partial charge in [0.15, 0.2) is 0 Å². The topological polar surface area (TPSA) is 26.0 Å². The molecule has 2 heterocycles. The fourth-order valence-electron chi connectivity index (χ4n) is 6.57. The fraction of sp³-hybridized carbons (Fsp3) is 0.485. The van der Waals surface area contributed by atoms with Gasteiger partial charge in [0.25, 0.3) is 0 Å². The van der Waals surface area contributed by atoms with Crippen LogP contribution in [-0.2, 0) is 6.00 Å². The minimum atomic E-state index is -2.39. The molecule has 6 rings (SSSR count). The van der Waals surface area contributed by atoms with Crippen LogP contribution in [0, 0.1) is 12.3 Å². The highest BCUT2D eigenvalue weighted by Gasteiger charge is 2.37. The summed E-state index contributed by atoms with van der Waals surface area (Å²) in [6.07, 6.45) is 10.8. The molecule has 2 aliphatic rings. The number of rotatable bonds is 4. The highest BCUT2D eigenvalue weighted by molar-refractivity contribution is 6.75. The van der Waals surface area contributed by atoms with E-state index in [2.05, 4.69) is 4.98 Å². The average Bonchev–Trinajstić information content (AvgIpc) is 3.32. The van der Waals surface area contributed by atoms with Crippen LogP contribution in [0.4, 0.5) is 0 Å². The molecule has 2 fully saturated rings. The quantitative estimate of drug-likeness (QED) is 0.260. The molecule has 4 aromatic rings. The van der Waals surface area contributed by atoms with Crippen molar-refractivity contribution in [2.75, 3.05) is 0 Å². The number of fused-ring (bicyclic) bond motifs is 3. The molecule has 0 radical (unpaired) electrons. The number of aromatic nitrogens is 1. The van der Waals surface area contributed by atoms with Crippen LogP contribution < -0.4 is 0 Å². The molecule has 0 unspecified atom stereocenters. The van der Waals surface area contributed by atoms with Crippen molar-refractivity contribution < 1.29 is 12.6 Å². The molecule has 2 aliphatic carbocycles. The van der Waals surface area contributed by atoms with E-state index in [9.17, 15) is 1.37 Å². The van der Waals surface area contributed by atoms with Gasteiger partial charge in [-0.1, -0.05) is 57.1 Å². The Bertz CT molecular complexity index is 1630. The van der Waals surface area contributed by atoms with Crippen molar-refractivity contribution in [2.45, 2.75) is 96.2 Å². The summed E-state index contributed by atoms with van der Waals surface area (Å²) in [4.78, 5) is 4.68. The van der Waals surface area contributed by atoms with Gasteiger partial charge < -0.3 is 4.42 Å². The van der Waals surface area contributed by atoms with Crippen molar-refractivity contribution in [3.05, 3.63) is 65.4 Å². The summed E-state index contributed by atoms with van der Waals surface area (Å²) in [7, 11) is -2.31. The van der Waals surface area contributed by atoms with E-state index in [4.69, 9.17) is 11.3 Å². The first kappa shape index (κ1) is 18.0. The second-order valence-electron chi connectivity index (χ2n) is 12.2. The Morgan fingerprint density at radius 2 is 1.81 bits per heavy atom. The first-order valence-corrected chi connectivity index (χ1v) is 17.1. The van der Waals surface area contributed by atoms with Gasteiger partial charge in [-0.25, -0.2) is 0 Å². The van der Waals surface area contributed by atoms with E-state index in [-0.39, 0.29) is 5.56 Å². The monoisotopic (exact) mass is 501 g/mol. The molecular formula is C33H41NOSi. The Morgan fingerprint density at radius 3 is 2.56 bits per heavy atom. The summed E-state index contributed by atoms with van der Waals surface area (Å²) in [5, 5.41) is 1.73. The maximum absolute atomic E-state index is 9.66. The van der Waals surface area contributed by atoms with Crippen LogP contribution in [0.1, 0.15) is 88.6 Å². The molecule has 0 saturated heterocycles. The molecule has 2 aromatic carbocycles. The summed E-state index contributed by atoms with van der Waals surface area (Å²) in [6, 6.07) is 13.3. The lowest BCUT2D eigenvalue weighted by Crippen LogP contribution is -2.29. The van der Waals surface area contributed by atoms with Gasteiger partial charge in [-0.2, -0.15) is 0 Å². The van der Waals surface area contributed by atoms with Crippen LogP contribution in [0.5, 0.6) is 0 Å². The molecule has 3 heteroatoms. The van der Waals surface area contributed by atoms with Crippen LogP contribution in [0.2, 0.25) is 19.6 Å². The number of benzene rings is 2. The molecule has 0 aliphatic heterocycles. The third kappa shape index (κ3) is 4.56. The second-order valence-corrected chi connectivity index (χ2v) is 16.9. The minimum absolute atomic E-state index is 0.148. The highest BCUT2D eigenvalue weighted by atomic mass is 28.3. The first-order valence-electron chi connectivity index (χ1n) is 16.6. The van der Waals surface area contributed by atoms with E-state index in [1.54, 1.807) is 0 Å². The van der Waals surface area contributed by atoms with Gasteiger partial charge in [-0.15, -0.1) is 0 Å². The smallest absolute Gasteiger partial charge is 0.144 e. The Balaban J connectivity index is 1.54. The lowest BCUT2D eigenvalue weighted by atomic mass is 9.62. The zero-order chi connectivity index (χ0) is 30.1. The van der Waals surface area contributed by atoms with E-state index in [0.717, 1.165) is 23.6 Å². The Kier molecular flexibility index (Phi) is 4.57. The van der Waals surface area contributed by atoms with Crippen molar-refractivity contribution in [3.8, 4) is 11.3 Å². The number of hydrogen-bond donors (Lipinski definition) is 0. The minimum Gasteiger partial charge on any atom is -0.455 e. The summed E-state index contributed by atoms with van der Waals surface area (Å²) in [6.45, 7) is 3.69. The highest BCUT2D eigenvalue weighted by Crippen LogP contribution is 2.51. The van der Waals surface area contributed by atoms with Crippen LogP contribution >= 0.6 is 0 Å². The lowest BCUT2D eigenvalue weighted by Gasteiger charge is -2.43. The van der Waals surface area contributed by atoms with Gasteiger partial charge in [0.2, 0.25) is 0 Å². The van der Waals surface area contributed by atoms with Gasteiger partial charge in [0, 0.05) is 38.8 Å². The number of aryl methyl sites for hydroxylation is 1. The number of hydrogen-bond acceptors (Lipinski definition) is 2. The second kappa shape index (κ2) is 9.17. The number of para-hydroxylation sites is 1. The van der Waals surface area contributed by atoms with E-state index in [0.29, 0.717) is 51.8 Å². The van der Waals surface area contributed by atoms with Crippen molar-refractivity contribution in [1.82, 2.24) is 4.98 Å². The van der Waals surface area contributed by atoms with Gasteiger partial charge in [0.05, 0.1) is 5.69 Å².